The number of hydrogen-bond acceptors (Lipinski definition) is 10. The van der Waals surface area contributed by atoms with Crippen molar-refractivity contribution >= 4 is 17.9 Å². The molecule has 0 aliphatic carbocycles. The molecule has 0 saturated carbocycles. The minimum absolute atomic E-state index is 0.209. The molecule has 2 saturated heterocycles. The minimum Gasteiger partial charge on any atom is -0.464 e. The van der Waals surface area contributed by atoms with Gasteiger partial charge in [-0.2, -0.15) is 15.0 Å². The van der Waals surface area contributed by atoms with Gasteiger partial charge >= 0.3 is 5.97 Å². The SMILES string of the molecule is COC(=O)c1cccc(-c2nc(N3CCOCC3)nc(N3CCOCC3)n2)n1. The third-order valence-electron chi connectivity index (χ3n) is 4.57. The Morgan fingerprint density at radius 2 is 1.46 bits per heavy atom. The summed E-state index contributed by atoms with van der Waals surface area (Å²) in [7, 11) is 1.33. The number of morpholine rings is 2. The molecular formula is C18H22N6O4. The number of methoxy groups -OCH3 is 1. The van der Waals surface area contributed by atoms with E-state index in [1.165, 1.54) is 7.11 Å². The van der Waals surface area contributed by atoms with Crippen LogP contribution in [0.15, 0.2) is 18.2 Å². The van der Waals surface area contributed by atoms with Crippen molar-refractivity contribution in [3.05, 3.63) is 23.9 Å². The van der Waals surface area contributed by atoms with Gasteiger partial charge < -0.3 is 24.0 Å². The highest BCUT2D eigenvalue weighted by atomic mass is 16.5. The molecular weight excluding hydrogens is 364 g/mol. The van der Waals surface area contributed by atoms with Crippen molar-refractivity contribution in [3.63, 3.8) is 0 Å². The van der Waals surface area contributed by atoms with Crippen molar-refractivity contribution in [1.29, 1.82) is 0 Å². The second kappa shape index (κ2) is 8.44. The number of pyridine rings is 1. The number of rotatable bonds is 4. The van der Waals surface area contributed by atoms with Gasteiger partial charge in [-0.15, -0.1) is 0 Å². The van der Waals surface area contributed by atoms with Crippen LogP contribution in [-0.2, 0) is 14.2 Å². The van der Waals surface area contributed by atoms with Crippen molar-refractivity contribution < 1.29 is 19.0 Å². The Bertz CT molecular complexity index is 800. The number of anilines is 2. The van der Waals surface area contributed by atoms with E-state index in [4.69, 9.17) is 14.2 Å². The van der Waals surface area contributed by atoms with Crippen LogP contribution in [0, 0.1) is 0 Å². The molecule has 2 aliphatic heterocycles. The molecule has 0 bridgehead atoms. The van der Waals surface area contributed by atoms with Gasteiger partial charge in [0.1, 0.15) is 11.4 Å². The Kier molecular flexibility index (Phi) is 5.58. The molecule has 2 aromatic rings. The second-order valence-corrected chi connectivity index (χ2v) is 6.36. The molecule has 4 rings (SSSR count). The van der Waals surface area contributed by atoms with Crippen molar-refractivity contribution in [2.75, 3.05) is 69.5 Å². The molecule has 28 heavy (non-hydrogen) atoms. The summed E-state index contributed by atoms with van der Waals surface area (Å²) in [5, 5.41) is 0. The molecule has 10 heteroatoms. The highest BCUT2D eigenvalue weighted by molar-refractivity contribution is 5.87. The number of esters is 1. The lowest BCUT2D eigenvalue weighted by molar-refractivity contribution is 0.0594. The maximum Gasteiger partial charge on any atom is 0.356 e. The maximum absolute atomic E-state index is 11.8. The van der Waals surface area contributed by atoms with Crippen LogP contribution in [0.5, 0.6) is 0 Å². The fourth-order valence-electron chi connectivity index (χ4n) is 3.06. The Morgan fingerprint density at radius 1 is 0.893 bits per heavy atom. The Balaban J connectivity index is 1.73. The zero-order valence-corrected chi connectivity index (χ0v) is 15.7. The van der Waals surface area contributed by atoms with E-state index in [1.54, 1.807) is 18.2 Å². The average molecular weight is 386 g/mol. The second-order valence-electron chi connectivity index (χ2n) is 6.36. The summed E-state index contributed by atoms with van der Waals surface area (Å²) in [4.78, 5) is 34.3. The van der Waals surface area contributed by atoms with E-state index in [9.17, 15) is 4.79 Å². The largest absolute Gasteiger partial charge is 0.464 e. The molecule has 10 nitrogen and oxygen atoms in total. The highest BCUT2D eigenvalue weighted by Gasteiger charge is 2.22. The van der Waals surface area contributed by atoms with E-state index in [2.05, 4.69) is 29.7 Å². The molecule has 0 N–H and O–H groups in total. The molecule has 2 aromatic heterocycles. The number of nitrogens with zero attached hydrogens (tertiary/aromatic N) is 6. The average Bonchev–Trinajstić information content (AvgIpc) is 2.79. The van der Waals surface area contributed by atoms with E-state index in [0.29, 0.717) is 76.0 Å². The van der Waals surface area contributed by atoms with E-state index in [0.717, 1.165) is 0 Å². The zero-order chi connectivity index (χ0) is 19.3. The highest BCUT2D eigenvalue weighted by Crippen LogP contribution is 2.22. The first-order chi connectivity index (χ1) is 13.7. The van der Waals surface area contributed by atoms with Crippen LogP contribution in [0.3, 0.4) is 0 Å². The standard InChI is InChI=1S/C18H22N6O4/c1-26-16(25)14-4-2-3-13(19-14)15-20-17(23-5-9-27-10-6-23)22-18(21-15)24-7-11-28-12-8-24/h2-4H,5-12H2,1H3. The monoisotopic (exact) mass is 386 g/mol. The van der Waals surface area contributed by atoms with Gasteiger partial charge in [0.05, 0.1) is 33.5 Å². The summed E-state index contributed by atoms with van der Waals surface area (Å²) in [5.41, 5.74) is 0.704. The first-order valence-corrected chi connectivity index (χ1v) is 9.22. The predicted molar refractivity (Wildman–Crippen MR) is 100 cm³/mol. The Hall–Kier alpha value is -2.85. The summed E-state index contributed by atoms with van der Waals surface area (Å²) in [6.07, 6.45) is 0. The molecule has 2 aliphatic rings. The van der Waals surface area contributed by atoms with Crippen LogP contribution in [0.25, 0.3) is 11.5 Å². The summed E-state index contributed by atoms with van der Waals surface area (Å²) in [6.45, 7) is 5.36. The smallest absolute Gasteiger partial charge is 0.356 e. The summed E-state index contributed by atoms with van der Waals surface area (Å²) in [6, 6.07) is 5.11. The lowest BCUT2D eigenvalue weighted by atomic mass is 10.3. The summed E-state index contributed by atoms with van der Waals surface area (Å²) >= 11 is 0. The van der Waals surface area contributed by atoms with Crippen molar-refractivity contribution in [2.24, 2.45) is 0 Å². The van der Waals surface area contributed by atoms with Gasteiger partial charge in [0.2, 0.25) is 11.9 Å². The third kappa shape index (κ3) is 4.02. The van der Waals surface area contributed by atoms with Crippen LogP contribution < -0.4 is 9.80 Å². The van der Waals surface area contributed by atoms with Gasteiger partial charge in [0, 0.05) is 26.2 Å². The van der Waals surface area contributed by atoms with Gasteiger partial charge in [0.25, 0.3) is 0 Å². The summed E-state index contributed by atoms with van der Waals surface area (Å²) in [5.74, 6) is 1.08. The Morgan fingerprint density at radius 3 is 2.00 bits per heavy atom. The molecule has 0 amide bonds. The van der Waals surface area contributed by atoms with Gasteiger partial charge in [-0.05, 0) is 12.1 Å². The quantitative estimate of drug-likeness (QED) is 0.686. The molecule has 4 heterocycles. The number of carbonyl (C=O) groups excluding carboxylic acids is 1. The van der Waals surface area contributed by atoms with Crippen molar-refractivity contribution in [1.82, 2.24) is 19.9 Å². The molecule has 0 atom stereocenters. The van der Waals surface area contributed by atoms with E-state index >= 15 is 0 Å². The fraction of sp³-hybridized carbons (Fsp3) is 0.500. The topological polar surface area (TPSA) is 103 Å². The molecule has 0 unspecified atom stereocenters. The third-order valence-corrected chi connectivity index (χ3v) is 4.57. The van der Waals surface area contributed by atoms with Gasteiger partial charge in [-0.25, -0.2) is 9.78 Å². The van der Waals surface area contributed by atoms with Crippen LogP contribution in [0.4, 0.5) is 11.9 Å². The lowest BCUT2D eigenvalue weighted by Gasteiger charge is -2.30. The van der Waals surface area contributed by atoms with Crippen LogP contribution in [0.1, 0.15) is 10.5 Å². The molecule has 0 aromatic carbocycles. The maximum atomic E-state index is 11.8. The first-order valence-electron chi connectivity index (χ1n) is 9.22. The minimum atomic E-state index is -0.502. The molecule has 148 valence electrons. The fourth-order valence-corrected chi connectivity index (χ4v) is 3.06. The van der Waals surface area contributed by atoms with Crippen LogP contribution in [-0.4, -0.2) is 85.6 Å². The summed E-state index contributed by atoms with van der Waals surface area (Å²) < 4.78 is 15.6. The van der Waals surface area contributed by atoms with E-state index < -0.39 is 5.97 Å². The van der Waals surface area contributed by atoms with Gasteiger partial charge in [-0.1, -0.05) is 6.07 Å². The number of hydrogen-bond donors (Lipinski definition) is 0. The Labute approximate surface area is 162 Å². The van der Waals surface area contributed by atoms with E-state index in [1.807, 2.05) is 0 Å². The number of carbonyl (C=O) groups is 1. The predicted octanol–water partition coefficient (Wildman–Crippen LogP) is 0.393. The van der Waals surface area contributed by atoms with Crippen molar-refractivity contribution in [3.8, 4) is 11.5 Å². The van der Waals surface area contributed by atoms with Crippen LogP contribution >= 0.6 is 0 Å². The van der Waals surface area contributed by atoms with Crippen LogP contribution in [0.2, 0.25) is 0 Å². The zero-order valence-electron chi connectivity index (χ0n) is 15.7. The molecule has 0 spiro atoms. The van der Waals surface area contributed by atoms with Gasteiger partial charge in [0.15, 0.2) is 5.82 Å². The molecule has 2 fully saturated rings. The number of aromatic nitrogens is 4. The normalized spacial score (nSPS) is 17.5. The van der Waals surface area contributed by atoms with Crippen molar-refractivity contribution in [2.45, 2.75) is 0 Å². The first kappa shape index (κ1) is 18.5. The van der Waals surface area contributed by atoms with Gasteiger partial charge in [-0.3, -0.25) is 0 Å². The molecule has 0 radical (unpaired) electrons. The number of ether oxygens (including phenoxy) is 3. The van der Waals surface area contributed by atoms with E-state index in [-0.39, 0.29) is 5.69 Å². The lowest BCUT2D eigenvalue weighted by Crippen LogP contribution is -2.40.